The number of aryl methyl sites for hydroxylation is 1. The van der Waals surface area contributed by atoms with Crippen LogP contribution in [0.25, 0.3) is 0 Å². The van der Waals surface area contributed by atoms with E-state index in [1.807, 2.05) is 52.0 Å². The molecule has 7 nitrogen and oxygen atoms in total. The van der Waals surface area contributed by atoms with Crippen molar-refractivity contribution < 1.29 is 18.0 Å². The zero-order valence-electron chi connectivity index (χ0n) is 20.0. The Hall–Kier alpha value is -2.29. The van der Waals surface area contributed by atoms with E-state index in [-0.39, 0.29) is 29.2 Å². The molecule has 2 amide bonds. The minimum absolute atomic E-state index is 0.0977. The van der Waals surface area contributed by atoms with Gasteiger partial charge in [0.25, 0.3) is 0 Å². The second-order valence-corrected chi connectivity index (χ2v) is 11.2. The highest BCUT2D eigenvalue weighted by Crippen LogP contribution is 2.30. The third kappa shape index (κ3) is 7.61. The van der Waals surface area contributed by atoms with Gasteiger partial charge < -0.3 is 10.2 Å². The first-order valence-electron chi connectivity index (χ1n) is 10.9. The van der Waals surface area contributed by atoms with Crippen LogP contribution in [0, 0.1) is 6.92 Å². The first-order valence-corrected chi connectivity index (χ1v) is 13.5. The number of hydrogen-bond donors (Lipinski definition) is 1. The fraction of sp³-hybridized carbons (Fsp3) is 0.417. The molecule has 186 valence electrons. The molecule has 0 saturated heterocycles. The van der Waals surface area contributed by atoms with E-state index >= 15 is 0 Å². The summed E-state index contributed by atoms with van der Waals surface area (Å²) in [4.78, 5) is 28.0. The van der Waals surface area contributed by atoms with E-state index in [9.17, 15) is 18.0 Å². The molecule has 0 radical (unpaired) electrons. The normalized spacial score (nSPS) is 12.4. The number of benzene rings is 2. The van der Waals surface area contributed by atoms with Crippen LogP contribution in [0.4, 0.5) is 5.69 Å². The number of nitrogens with zero attached hydrogens (tertiary/aromatic N) is 2. The molecular formula is C24H31Cl2N3O4S. The zero-order chi connectivity index (χ0) is 25.6. The van der Waals surface area contributed by atoms with Gasteiger partial charge in [0.1, 0.15) is 12.6 Å². The molecule has 0 aliphatic carbocycles. The van der Waals surface area contributed by atoms with Crippen molar-refractivity contribution >= 4 is 50.7 Å². The molecule has 0 saturated carbocycles. The molecule has 1 N–H and O–H groups in total. The topological polar surface area (TPSA) is 86.8 Å². The maximum Gasteiger partial charge on any atom is 0.244 e. The lowest BCUT2D eigenvalue weighted by Crippen LogP contribution is -2.53. The van der Waals surface area contributed by atoms with Crippen LogP contribution in [0.3, 0.4) is 0 Å². The molecule has 0 unspecified atom stereocenters. The quantitative estimate of drug-likeness (QED) is 0.495. The van der Waals surface area contributed by atoms with Crippen molar-refractivity contribution in [1.82, 2.24) is 10.2 Å². The highest BCUT2D eigenvalue weighted by molar-refractivity contribution is 7.92. The van der Waals surface area contributed by atoms with E-state index in [0.29, 0.717) is 11.4 Å². The summed E-state index contributed by atoms with van der Waals surface area (Å²) in [6.07, 6.45) is 1.36. The first-order chi connectivity index (χ1) is 15.8. The summed E-state index contributed by atoms with van der Waals surface area (Å²) >= 11 is 12.2. The Labute approximate surface area is 212 Å². The predicted molar refractivity (Wildman–Crippen MR) is 138 cm³/mol. The van der Waals surface area contributed by atoms with Crippen LogP contribution in [0.15, 0.2) is 42.5 Å². The highest BCUT2D eigenvalue weighted by atomic mass is 35.5. The highest BCUT2D eigenvalue weighted by Gasteiger charge is 2.32. The number of rotatable bonds is 10. The number of amides is 2. The summed E-state index contributed by atoms with van der Waals surface area (Å²) in [6, 6.07) is 11.1. The first kappa shape index (κ1) is 28.0. The molecule has 0 bridgehead atoms. The van der Waals surface area contributed by atoms with Gasteiger partial charge in [-0.25, -0.2) is 8.42 Å². The Morgan fingerprint density at radius 2 is 1.76 bits per heavy atom. The van der Waals surface area contributed by atoms with Gasteiger partial charge in [-0.1, -0.05) is 60.0 Å². The SMILES string of the molecule is CC[C@@H](C(=O)NC(C)C)N(Cc1cccc(C)c1)C(=O)CN(c1ccc(Cl)cc1Cl)S(C)(=O)=O. The van der Waals surface area contributed by atoms with E-state index in [1.165, 1.54) is 23.1 Å². The van der Waals surface area contributed by atoms with Crippen molar-refractivity contribution in [1.29, 1.82) is 0 Å². The number of anilines is 1. The fourth-order valence-corrected chi connectivity index (χ4v) is 5.01. The van der Waals surface area contributed by atoms with Crippen LogP contribution in [0.1, 0.15) is 38.3 Å². The molecule has 0 aromatic heterocycles. The summed E-state index contributed by atoms with van der Waals surface area (Å²) in [6.45, 7) is 7.06. The summed E-state index contributed by atoms with van der Waals surface area (Å²) in [7, 11) is -3.88. The maximum absolute atomic E-state index is 13.6. The third-order valence-electron chi connectivity index (χ3n) is 5.11. The molecule has 2 aromatic rings. The van der Waals surface area contributed by atoms with Gasteiger partial charge in [0.2, 0.25) is 21.8 Å². The van der Waals surface area contributed by atoms with Crippen molar-refractivity contribution in [3.05, 3.63) is 63.6 Å². The number of sulfonamides is 1. The van der Waals surface area contributed by atoms with E-state index < -0.39 is 28.5 Å². The van der Waals surface area contributed by atoms with E-state index in [2.05, 4.69) is 5.32 Å². The van der Waals surface area contributed by atoms with Crippen LogP contribution in [-0.4, -0.2) is 50.0 Å². The Kier molecular flexibility index (Phi) is 9.79. The van der Waals surface area contributed by atoms with E-state index in [0.717, 1.165) is 21.7 Å². The van der Waals surface area contributed by atoms with Gasteiger partial charge in [-0.05, 0) is 51.0 Å². The van der Waals surface area contributed by atoms with Crippen LogP contribution >= 0.6 is 23.2 Å². The Bertz CT molecular complexity index is 1140. The lowest BCUT2D eigenvalue weighted by molar-refractivity contribution is -0.140. The van der Waals surface area contributed by atoms with E-state index in [4.69, 9.17) is 23.2 Å². The van der Waals surface area contributed by atoms with Gasteiger partial charge >= 0.3 is 0 Å². The molecule has 0 heterocycles. The number of carbonyl (C=O) groups excluding carboxylic acids is 2. The molecule has 34 heavy (non-hydrogen) atoms. The second kappa shape index (κ2) is 11.9. The third-order valence-corrected chi connectivity index (χ3v) is 6.77. The lowest BCUT2D eigenvalue weighted by atomic mass is 10.1. The predicted octanol–water partition coefficient (Wildman–Crippen LogP) is 4.40. The second-order valence-electron chi connectivity index (χ2n) is 8.46. The minimum atomic E-state index is -3.88. The summed E-state index contributed by atoms with van der Waals surface area (Å²) < 4.78 is 26.2. The maximum atomic E-state index is 13.6. The average molecular weight is 529 g/mol. The van der Waals surface area contributed by atoms with Gasteiger partial charge in [0, 0.05) is 17.6 Å². The number of halogens is 2. The molecule has 10 heteroatoms. The van der Waals surface area contributed by atoms with Crippen LogP contribution in [-0.2, 0) is 26.2 Å². The van der Waals surface area contributed by atoms with Crippen molar-refractivity contribution in [3.8, 4) is 0 Å². The summed E-state index contributed by atoms with van der Waals surface area (Å²) in [5.41, 5.74) is 1.98. The number of hydrogen-bond acceptors (Lipinski definition) is 4. The zero-order valence-corrected chi connectivity index (χ0v) is 22.3. The molecule has 0 aliphatic rings. The van der Waals surface area contributed by atoms with Gasteiger partial charge in [0.15, 0.2) is 0 Å². The molecule has 1 atom stereocenters. The Morgan fingerprint density at radius 1 is 1.09 bits per heavy atom. The summed E-state index contributed by atoms with van der Waals surface area (Å²) in [5.74, 6) is -0.822. The number of carbonyl (C=O) groups is 2. The van der Waals surface area contributed by atoms with Gasteiger partial charge in [0.05, 0.1) is 17.0 Å². The monoisotopic (exact) mass is 527 g/mol. The average Bonchev–Trinajstić information content (AvgIpc) is 2.71. The molecule has 2 rings (SSSR count). The lowest BCUT2D eigenvalue weighted by Gasteiger charge is -2.33. The Morgan fingerprint density at radius 3 is 2.29 bits per heavy atom. The molecular weight excluding hydrogens is 497 g/mol. The van der Waals surface area contributed by atoms with Crippen molar-refractivity contribution in [2.45, 2.75) is 52.7 Å². The van der Waals surface area contributed by atoms with Crippen LogP contribution in [0.2, 0.25) is 10.0 Å². The standard InChI is InChI=1S/C24H31Cl2N3O4S/c1-6-21(24(31)27-16(2)3)28(14-18-9-7-8-17(4)12-18)23(30)15-29(34(5,32)33)22-11-10-19(25)13-20(22)26/h7-13,16,21H,6,14-15H2,1-5H3,(H,27,31)/t21-/m0/s1. The smallest absolute Gasteiger partial charge is 0.244 e. The molecule has 0 fully saturated rings. The minimum Gasteiger partial charge on any atom is -0.352 e. The van der Waals surface area contributed by atoms with Crippen LogP contribution < -0.4 is 9.62 Å². The summed E-state index contributed by atoms with van der Waals surface area (Å²) in [5, 5.41) is 3.29. The van der Waals surface area contributed by atoms with Gasteiger partial charge in [-0.15, -0.1) is 0 Å². The van der Waals surface area contributed by atoms with Crippen LogP contribution in [0.5, 0.6) is 0 Å². The fourth-order valence-electron chi connectivity index (χ4n) is 3.59. The van der Waals surface area contributed by atoms with Gasteiger partial charge in [-0.3, -0.25) is 13.9 Å². The molecule has 0 spiro atoms. The molecule has 2 aromatic carbocycles. The Balaban J connectivity index is 2.48. The molecule has 0 aliphatic heterocycles. The van der Waals surface area contributed by atoms with E-state index in [1.54, 1.807) is 0 Å². The van der Waals surface area contributed by atoms with Crippen molar-refractivity contribution in [3.63, 3.8) is 0 Å². The van der Waals surface area contributed by atoms with Gasteiger partial charge in [-0.2, -0.15) is 0 Å². The largest absolute Gasteiger partial charge is 0.352 e. The number of nitrogens with one attached hydrogen (secondary N) is 1. The van der Waals surface area contributed by atoms with Crippen molar-refractivity contribution in [2.75, 3.05) is 17.1 Å². The van der Waals surface area contributed by atoms with Crippen molar-refractivity contribution in [2.24, 2.45) is 0 Å².